The fraction of sp³-hybridized carbons (Fsp3) is 0.583. The van der Waals surface area contributed by atoms with Crippen LogP contribution in [-0.2, 0) is 20.9 Å². The molecule has 0 aromatic carbocycles. The van der Waals surface area contributed by atoms with E-state index in [1.165, 1.54) is 24.1 Å². The van der Waals surface area contributed by atoms with Crippen molar-refractivity contribution in [3.05, 3.63) is 22.4 Å². The summed E-state index contributed by atoms with van der Waals surface area (Å²) in [5.74, 6) is -1.14. The second kappa shape index (κ2) is 6.33. The lowest BCUT2D eigenvalue weighted by molar-refractivity contribution is -0.389. The van der Waals surface area contributed by atoms with Crippen molar-refractivity contribution < 1.29 is 19.2 Å². The van der Waals surface area contributed by atoms with Gasteiger partial charge in [-0.3, -0.25) is 9.59 Å². The molecule has 114 valence electrons. The van der Waals surface area contributed by atoms with Crippen LogP contribution < -0.4 is 0 Å². The van der Waals surface area contributed by atoms with E-state index in [1.807, 2.05) is 0 Å². The van der Waals surface area contributed by atoms with Gasteiger partial charge < -0.3 is 19.8 Å². The first-order valence-electron chi connectivity index (χ1n) is 6.54. The monoisotopic (exact) mass is 296 g/mol. The van der Waals surface area contributed by atoms with Crippen LogP contribution in [0.25, 0.3) is 0 Å². The lowest BCUT2D eigenvalue weighted by Crippen LogP contribution is -2.44. The van der Waals surface area contributed by atoms with Gasteiger partial charge in [0.2, 0.25) is 5.91 Å². The highest BCUT2D eigenvalue weighted by Crippen LogP contribution is 2.18. The van der Waals surface area contributed by atoms with Crippen molar-refractivity contribution in [2.45, 2.75) is 19.4 Å². The maximum Gasteiger partial charge on any atom is 0.389 e. The van der Waals surface area contributed by atoms with E-state index >= 15 is 0 Å². The number of esters is 1. The maximum atomic E-state index is 12.1. The van der Waals surface area contributed by atoms with Gasteiger partial charge in [0.15, 0.2) is 0 Å². The van der Waals surface area contributed by atoms with Gasteiger partial charge in [0.05, 0.1) is 30.4 Å². The number of piperidine rings is 1. The van der Waals surface area contributed by atoms with Crippen LogP contribution in [0.1, 0.15) is 12.8 Å². The summed E-state index contributed by atoms with van der Waals surface area (Å²) in [6.45, 7) is 0.798. The third-order valence-electron chi connectivity index (χ3n) is 3.42. The van der Waals surface area contributed by atoms with Crippen LogP contribution in [0.2, 0.25) is 0 Å². The van der Waals surface area contributed by atoms with Crippen molar-refractivity contribution >= 4 is 17.7 Å². The van der Waals surface area contributed by atoms with Crippen molar-refractivity contribution in [3.8, 4) is 0 Å². The van der Waals surface area contributed by atoms with Crippen molar-refractivity contribution in [2.24, 2.45) is 5.92 Å². The minimum Gasteiger partial charge on any atom is -0.469 e. The first-order valence-corrected chi connectivity index (χ1v) is 6.54. The van der Waals surface area contributed by atoms with E-state index in [0.29, 0.717) is 19.5 Å². The molecule has 2 rings (SSSR count). The third kappa shape index (κ3) is 3.56. The Morgan fingerprint density at radius 3 is 2.95 bits per heavy atom. The number of hydrogen-bond donors (Lipinski definition) is 0. The number of ether oxygens (including phenoxy) is 1. The smallest absolute Gasteiger partial charge is 0.389 e. The van der Waals surface area contributed by atoms with Crippen molar-refractivity contribution in [1.82, 2.24) is 14.7 Å². The van der Waals surface area contributed by atoms with Gasteiger partial charge in [-0.2, -0.15) is 4.68 Å². The number of aromatic nitrogens is 2. The second-order valence-corrected chi connectivity index (χ2v) is 4.83. The van der Waals surface area contributed by atoms with E-state index < -0.39 is 4.92 Å². The molecule has 1 amide bonds. The number of rotatable bonds is 4. The minimum absolute atomic E-state index is 0.0816. The summed E-state index contributed by atoms with van der Waals surface area (Å²) in [5.41, 5.74) is 0. The van der Waals surface area contributed by atoms with E-state index in [9.17, 15) is 19.7 Å². The van der Waals surface area contributed by atoms with Crippen molar-refractivity contribution in [3.63, 3.8) is 0 Å². The zero-order chi connectivity index (χ0) is 15.4. The molecule has 0 bridgehead atoms. The molecule has 9 heteroatoms. The Bertz CT molecular complexity index is 556. The maximum absolute atomic E-state index is 12.1. The second-order valence-electron chi connectivity index (χ2n) is 4.83. The summed E-state index contributed by atoms with van der Waals surface area (Å²) >= 11 is 0. The first-order chi connectivity index (χ1) is 10.0. The number of carbonyl (C=O) groups excluding carboxylic acids is 2. The molecule has 0 N–H and O–H groups in total. The predicted molar refractivity (Wildman–Crippen MR) is 70.2 cm³/mol. The molecule has 0 radical (unpaired) electrons. The molecular weight excluding hydrogens is 280 g/mol. The lowest BCUT2D eigenvalue weighted by atomic mass is 9.98. The van der Waals surface area contributed by atoms with E-state index in [4.69, 9.17) is 4.74 Å². The highest BCUT2D eigenvalue weighted by atomic mass is 16.6. The summed E-state index contributed by atoms with van der Waals surface area (Å²) in [6.07, 6.45) is 2.81. The summed E-state index contributed by atoms with van der Waals surface area (Å²) in [6, 6.07) is 1.24. The zero-order valence-electron chi connectivity index (χ0n) is 11.6. The van der Waals surface area contributed by atoms with E-state index in [0.717, 1.165) is 6.42 Å². The minimum atomic E-state index is -0.616. The fourth-order valence-electron chi connectivity index (χ4n) is 2.34. The lowest BCUT2D eigenvalue weighted by Gasteiger charge is -2.31. The topological polar surface area (TPSA) is 108 Å². The van der Waals surface area contributed by atoms with E-state index in [-0.39, 0.29) is 30.2 Å². The zero-order valence-corrected chi connectivity index (χ0v) is 11.6. The molecule has 1 saturated heterocycles. The molecule has 21 heavy (non-hydrogen) atoms. The molecule has 0 spiro atoms. The highest BCUT2D eigenvalue weighted by molar-refractivity contribution is 5.78. The van der Waals surface area contributed by atoms with E-state index in [2.05, 4.69) is 5.10 Å². The predicted octanol–water partition coefficient (Wildman–Crippen LogP) is 0.203. The van der Waals surface area contributed by atoms with E-state index in [1.54, 1.807) is 4.90 Å². The van der Waals surface area contributed by atoms with Crippen LogP contribution in [0.3, 0.4) is 0 Å². The number of hydrogen-bond acceptors (Lipinski definition) is 6. The SMILES string of the molecule is COC(=O)C1CCCN(C(=O)Cn2ccc([N+](=O)[O-])n2)C1. The Kier molecular flexibility index (Phi) is 4.51. The van der Waals surface area contributed by atoms with Crippen LogP contribution in [0, 0.1) is 16.0 Å². The van der Waals surface area contributed by atoms with Crippen LogP contribution in [-0.4, -0.2) is 51.7 Å². The normalized spacial score (nSPS) is 18.3. The summed E-state index contributed by atoms with van der Waals surface area (Å²) in [7, 11) is 1.33. The quantitative estimate of drug-likeness (QED) is 0.446. The Morgan fingerprint density at radius 2 is 2.33 bits per heavy atom. The molecule has 0 saturated carbocycles. The van der Waals surface area contributed by atoms with Gasteiger partial charge >= 0.3 is 11.8 Å². The number of carbonyl (C=O) groups is 2. The van der Waals surface area contributed by atoms with Crippen LogP contribution in [0.5, 0.6) is 0 Å². The number of amides is 1. The molecule has 1 aliphatic heterocycles. The number of nitro groups is 1. The van der Waals surface area contributed by atoms with Gasteiger partial charge in [0, 0.05) is 13.1 Å². The largest absolute Gasteiger partial charge is 0.469 e. The van der Waals surface area contributed by atoms with Gasteiger partial charge in [0.25, 0.3) is 0 Å². The van der Waals surface area contributed by atoms with Gasteiger partial charge in [0.1, 0.15) is 6.54 Å². The van der Waals surface area contributed by atoms with Gasteiger partial charge in [-0.25, -0.2) is 0 Å². The van der Waals surface area contributed by atoms with Gasteiger partial charge in [-0.1, -0.05) is 0 Å². The Hall–Kier alpha value is -2.45. The average Bonchev–Trinajstić information content (AvgIpc) is 2.95. The van der Waals surface area contributed by atoms with Gasteiger partial charge in [-0.15, -0.1) is 0 Å². The van der Waals surface area contributed by atoms with Crippen molar-refractivity contribution in [1.29, 1.82) is 0 Å². The fourth-order valence-corrected chi connectivity index (χ4v) is 2.34. The summed E-state index contributed by atoms with van der Waals surface area (Å²) in [5, 5.41) is 14.2. The Labute approximate surface area is 120 Å². The molecule has 9 nitrogen and oxygen atoms in total. The molecule has 1 unspecified atom stereocenters. The molecule has 2 heterocycles. The molecule has 1 atom stereocenters. The summed E-state index contributed by atoms with van der Waals surface area (Å²) in [4.78, 5) is 35.2. The number of nitrogens with zero attached hydrogens (tertiary/aromatic N) is 4. The average molecular weight is 296 g/mol. The molecule has 1 aromatic rings. The van der Waals surface area contributed by atoms with Crippen LogP contribution in [0.4, 0.5) is 5.82 Å². The highest BCUT2D eigenvalue weighted by Gasteiger charge is 2.29. The standard InChI is InChI=1S/C12H16N4O5/c1-21-12(18)9-3-2-5-14(7-9)11(17)8-15-6-4-10(13-15)16(19)20/h4,6,9H,2-3,5,7-8H2,1H3. The first kappa shape index (κ1) is 14.9. The summed E-state index contributed by atoms with van der Waals surface area (Å²) < 4.78 is 5.92. The van der Waals surface area contributed by atoms with Crippen LogP contribution >= 0.6 is 0 Å². The Morgan fingerprint density at radius 1 is 1.57 bits per heavy atom. The third-order valence-corrected chi connectivity index (χ3v) is 3.42. The molecule has 1 aromatic heterocycles. The molecule has 1 fully saturated rings. The molecule has 1 aliphatic rings. The van der Waals surface area contributed by atoms with Crippen molar-refractivity contribution in [2.75, 3.05) is 20.2 Å². The number of likely N-dealkylation sites (tertiary alicyclic amines) is 1. The molecule has 0 aliphatic carbocycles. The number of methoxy groups -OCH3 is 1. The molecular formula is C12H16N4O5. The van der Waals surface area contributed by atoms with Gasteiger partial charge in [-0.05, 0) is 17.8 Å². The van der Waals surface area contributed by atoms with Crippen LogP contribution in [0.15, 0.2) is 12.3 Å². The Balaban J connectivity index is 1.96.